The van der Waals surface area contributed by atoms with E-state index in [0.717, 1.165) is 36.5 Å². The minimum Gasteiger partial charge on any atom is -0.477 e. The zero-order valence-corrected chi connectivity index (χ0v) is 13.7. The van der Waals surface area contributed by atoms with Gasteiger partial charge in [0.25, 0.3) is 0 Å². The molecule has 0 atom stereocenters. The van der Waals surface area contributed by atoms with Crippen LogP contribution in [0.15, 0.2) is 35.1 Å². The molecule has 0 unspecified atom stereocenters. The molecule has 0 saturated carbocycles. The summed E-state index contributed by atoms with van der Waals surface area (Å²) in [6, 6.07) is 6.67. The molecule has 25 heavy (non-hydrogen) atoms. The molecule has 0 N–H and O–H groups in total. The summed E-state index contributed by atoms with van der Waals surface area (Å²) >= 11 is 0. The molecular formula is C17H18F3N3O2. The standard InChI is InChI=1S/C17H18F3N3O2/c1-22-8-2-9-23-15(22)11-14(21-16(23)24)25-10-7-12-3-5-13(6-4-12)17(18,19)20/h3-6,11H,2,7-10H2,1H3. The summed E-state index contributed by atoms with van der Waals surface area (Å²) in [5.74, 6) is 0.993. The van der Waals surface area contributed by atoms with E-state index in [1.807, 2.05) is 11.9 Å². The second-order valence-corrected chi connectivity index (χ2v) is 5.96. The van der Waals surface area contributed by atoms with Crippen LogP contribution in [-0.4, -0.2) is 29.8 Å². The highest BCUT2D eigenvalue weighted by Gasteiger charge is 2.29. The van der Waals surface area contributed by atoms with Crippen LogP contribution in [0.2, 0.25) is 0 Å². The van der Waals surface area contributed by atoms with Gasteiger partial charge in [0.15, 0.2) is 0 Å². The van der Waals surface area contributed by atoms with Gasteiger partial charge in [0.1, 0.15) is 5.82 Å². The van der Waals surface area contributed by atoms with E-state index in [0.29, 0.717) is 13.0 Å². The van der Waals surface area contributed by atoms with E-state index in [1.54, 1.807) is 10.6 Å². The Hall–Kier alpha value is -2.51. The van der Waals surface area contributed by atoms with Gasteiger partial charge in [-0.05, 0) is 24.1 Å². The van der Waals surface area contributed by atoms with E-state index in [2.05, 4.69) is 4.98 Å². The highest BCUT2D eigenvalue weighted by atomic mass is 19.4. The predicted molar refractivity (Wildman–Crippen MR) is 87.0 cm³/mol. The van der Waals surface area contributed by atoms with Crippen LogP contribution in [0, 0.1) is 0 Å². The molecule has 2 aromatic rings. The van der Waals surface area contributed by atoms with E-state index < -0.39 is 11.7 Å². The lowest BCUT2D eigenvalue weighted by atomic mass is 10.1. The fourth-order valence-corrected chi connectivity index (χ4v) is 2.79. The van der Waals surface area contributed by atoms with Crippen LogP contribution < -0.4 is 15.3 Å². The number of hydrogen-bond donors (Lipinski definition) is 0. The number of fused-ring (bicyclic) bond motifs is 1. The van der Waals surface area contributed by atoms with Crippen LogP contribution in [-0.2, 0) is 19.1 Å². The largest absolute Gasteiger partial charge is 0.477 e. The number of benzene rings is 1. The molecule has 134 valence electrons. The van der Waals surface area contributed by atoms with E-state index >= 15 is 0 Å². The third kappa shape index (κ3) is 3.94. The first-order valence-corrected chi connectivity index (χ1v) is 7.96. The molecule has 0 radical (unpaired) electrons. The van der Waals surface area contributed by atoms with Gasteiger partial charge in [0.05, 0.1) is 12.2 Å². The molecule has 1 aliphatic rings. The van der Waals surface area contributed by atoms with Crippen LogP contribution in [0.3, 0.4) is 0 Å². The molecule has 1 aromatic heterocycles. The summed E-state index contributed by atoms with van der Waals surface area (Å²) in [4.78, 5) is 17.9. The monoisotopic (exact) mass is 353 g/mol. The molecule has 2 heterocycles. The molecule has 1 aliphatic heterocycles. The minimum absolute atomic E-state index is 0.227. The van der Waals surface area contributed by atoms with Gasteiger partial charge in [-0.15, -0.1) is 0 Å². The van der Waals surface area contributed by atoms with Gasteiger partial charge in [0.2, 0.25) is 5.88 Å². The second kappa shape index (κ2) is 6.78. The third-order valence-electron chi connectivity index (χ3n) is 4.15. The number of alkyl halides is 3. The van der Waals surface area contributed by atoms with Crippen molar-refractivity contribution in [1.29, 1.82) is 0 Å². The first kappa shape index (κ1) is 17.3. The van der Waals surface area contributed by atoms with Crippen molar-refractivity contribution in [3.05, 3.63) is 51.9 Å². The van der Waals surface area contributed by atoms with Gasteiger partial charge in [-0.25, -0.2) is 4.79 Å². The van der Waals surface area contributed by atoms with Crippen molar-refractivity contribution in [2.75, 3.05) is 25.1 Å². The van der Waals surface area contributed by atoms with Crippen molar-refractivity contribution in [2.45, 2.75) is 25.6 Å². The summed E-state index contributed by atoms with van der Waals surface area (Å²) < 4.78 is 44.7. The topological polar surface area (TPSA) is 47.4 Å². The van der Waals surface area contributed by atoms with Crippen LogP contribution in [0.1, 0.15) is 17.5 Å². The number of hydrogen-bond acceptors (Lipinski definition) is 4. The summed E-state index contributed by atoms with van der Waals surface area (Å²) in [6.07, 6.45) is -3.02. The van der Waals surface area contributed by atoms with Crippen LogP contribution in [0.5, 0.6) is 5.88 Å². The lowest BCUT2D eigenvalue weighted by Crippen LogP contribution is -2.36. The SMILES string of the molecule is CN1CCCn2c1cc(OCCc1ccc(C(F)(F)F)cc1)nc2=O. The van der Waals surface area contributed by atoms with Crippen molar-refractivity contribution in [3.63, 3.8) is 0 Å². The second-order valence-electron chi connectivity index (χ2n) is 5.96. The molecule has 5 nitrogen and oxygen atoms in total. The van der Waals surface area contributed by atoms with E-state index in [9.17, 15) is 18.0 Å². The van der Waals surface area contributed by atoms with Crippen molar-refractivity contribution in [3.8, 4) is 5.88 Å². The van der Waals surface area contributed by atoms with Gasteiger partial charge in [-0.1, -0.05) is 12.1 Å². The Kier molecular flexibility index (Phi) is 4.69. The van der Waals surface area contributed by atoms with Crippen molar-refractivity contribution >= 4 is 5.82 Å². The number of nitrogens with zero attached hydrogens (tertiary/aromatic N) is 3. The first-order chi connectivity index (χ1) is 11.8. The maximum atomic E-state index is 12.5. The Morgan fingerprint density at radius 3 is 2.60 bits per heavy atom. The molecule has 8 heteroatoms. The fourth-order valence-electron chi connectivity index (χ4n) is 2.79. The predicted octanol–water partition coefficient (Wildman–Crippen LogP) is 2.72. The molecular weight excluding hydrogens is 335 g/mol. The molecule has 0 aliphatic carbocycles. The van der Waals surface area contributed by atoms with E-state index in [4.69, 9.17) is 4.74 Å². The maximum Gasteiger partial charge on any atom is 0.416 e. The van der Waals surface area contributed by atoms with E-state index in [1.165, 1.54) is 12.1 Å². The van der Waals surface area contributed by atoms with Gasteiger partial charge in [-0.3, -0.25) is 4.57 Å². The van der Waals surface area contributed by atoms with Crippen LogP contribution in [0.25, 0.3) is 0 Å². The normalized spacial score (nSPS) is 14.3. The lowest BCUT2D eigenvalue weighted by Gasteiger charge is -2.28. The highest BCUT2D eigenvalue weighted by molar-refractivity contribution is 5.42. The zero-order chi connectivity index (χ0) is 18.0. The summed E-state index contributed by atoms with van der Waals surface area (Å²) in [5, 5.41) is 0. The molecule has 0 saturated heterocycles. The molecule has 0 bridgehead atoms. The summed E-state index contributed by atoms with van der Waals surface area (Å²) in [7, 11) is 1.90. The molecule has 0 fully saturated rings. The van der Waals surface area contributed by atoms with Gasteiger partial charge in [-0.2, -0.15) is 18.2 Å². The van der Waals surface area contributed by atoms with Crippen molar-refractivity contribution in [2.24, 2.45) is 0 Å². The Bertz CT molecular complexity index is 800. The highest BCUT2D eigenvalue weighted by Crippen LogP contribution is 2.29. The maximum absolute atomic E-state index is 12.5. The fraction of sp³-hybridized carbons (Fsp3) is 0.412. The number of anilines is 1. The summed E-state index contributed by atoms with van der Waals surface area (Å²) in [6.45, 7) is 1.72. The lowest BCUT2D eigenvalue weighted by molar-refractivity contribution is -0.137. The molecule has 3 rings (SSSR count). The van der Waals surface area contributed by atoms with E-state index in [-0.39, 0.29) is 18.2 Å². The summed E-state index contributed by atoms with van der Waals surface area (Å²) in [5.41, 5.74) is -0.307. The first-order valence-electron chi connectivity index (χ1n) is 7.96. The number of aromatic nitrogens is 2. The van der Waals surface area contributed by atoms with Crippen LogP contribution >= 0.6 is 0 Å². The quantitative estimate of drug-likeness (QED) is 0.848. The molecule has 0 amide bonds. The third-order valence-corrected chi connectivity index (χ3v) is 4.15. The number of rotatable bonds is 4. The van der Waals surface area contributed by atoms with Gasteiger partial charge < -0.3 is 9.64 Å². The average molecular weight is 353 g/mol. The Labute approximate surface area is 142 Å². The number of ether oxygens (including phenoxy) is 1. The Morgan fingerprint density at radius 1 is 1.20 bits per heavy atom. The zero-order valence-electron chi connectivity index (χ0n) is 13.7. The minimum atomic E-state index is -4.34. The van der Waals surface area contributed by atoms with Gasteiger partial charge in [0, 0.05) is 32.6 Å². The van der Waals surface area contributed by atoms with Crippen LogP contribution in [0.4, 0.5) is 19.0 Å². The van der Waals surface area contributed by atoms with Crippen molar-refractivity contribution < 1.29 is 17.9 Å². The Morgan fingerprint density at radius 2 is 1.92 bits per heavy atom. The number of halogens is 3. The smallest absolute Gasteiger partial charge is 0.416 e. The Balaban J connectivity index is 1.64. The molecule has 0 spiro atoms. The van der Waals surface area contributed by atoms with Gasteiger partial charge >= 0.3 is 11.9 Å². The van der Waals surface area contributed by atoms with Crippen molar-refractivity contribution in [1.82, 2.24) is 9.55 Å². The average Bonchev–Trinajstić information content (AvgIpc) is 2.56. The molecule has 1 aromatic carbocycles.